The van der Waals surface area contributed by atoms with Crippen LogP contribution in [0, 0.1) is 5.82 Å². The summed E-state index contributed by atoms with van der Waals surface area (Å²) in [5, 5.41) is 7.04. The van der Waals surface area contributed by atoms with Gasteiger partial charge in [-0.05, 0) is 36.2 Å². The standard InChI is InChI=1S/C20H20FN3O2/c1-2-19(26-18-6-4-3-5-7-18)20(25)23-17-12-22-24(14-17)13-15-8-10-16(21)11-9-15/h3-12,14,19H,2,13H2,1H3,(H,23,25)/t19-/m0/s1. The Morgan fingerprint density at radius 2 is 1.92 bits per heavy atom. The molecule has 26 heavy (non-hydrogen) atoms. The molecule has 0 aliphatic heterocycles. The van der Waals surface area contributed by atoms with Crippen LogP contribution in [0.4, 0.5) is 10.1 Å². The minimum Gasteiger partial charge on any atom is -0.481 e. The van der Waals surface area contributed by atoms with Gasteiger partial charge in [0.1, 0.15) is 11.6 Å². The average molecular weight is 353 g/mol. The van der Waals surface area contributed by atoms with E-state index in [1.54, 1.807) is 29.2 Å². The number of rotatable bonds is 7. The van der Waals surface area contributed by atoms with Crippen molar-refractivity contribution < 1.29 is 13.9 Å². The third kappa shape index (κ3) is 4.69. The fraction of sp³-hybridized carbons (Fsp3) is 0.200. The minimum absolute atomic E-state index is 0.224. The van der Waals surface area contributed by atoms with Crippen molar-refractivity contribution in [3.63, 3.8) is 0 Å². The zero-order valence-corrected chi connectivity index (χ0v) is 14.4. The van der Waals surface area contributed by atoms with Crippen molar-refractivity contribution in [3.8, 4) is 5.75 Å². The number of amides is 1. The van der Waals surface area contributed by atoms with Crippen molar-refractivity contribution in [1.29, 1.82) is 0 Å². The maximum absolute atomic E-state index is 13.0. The second-order valence-electron chi connectivity index (χ2n) is 5.87. The Labute approximate surface area is 151 Å². The Hall–Kier alpha value is -3.15. The highest BCUT2D eigenvalue weighted by molar-refractivity contribution is 5.94. The van der Waals surface area contributed by atoms with Crippen LogP contribution in [0.1, 0.15) is 18.9 Å². The van der Waals surface area contributed by atoms with Crippen LogP contribution in [0.3, 0.4) is 0 Å². The van der Waals surface area contributed by atoms with E-state index >= 15 is 0 Å². The molecule has 1 heterocycles. The topological polar surface area (TPSA) is 56.1 Å². The van der Waals surface area contributed by atoms with E-state index in [0.717, 1.165) is 5.56 Å². The van der Waals surface area contributed by atoms with Crippen molar-refractivity contribution in [2.75, 3.05) is 5.32 Å². The van der Waals surface area contributed by atoms with Crippen LogP contribution < -0.4 is 10.1 Å². The van der Waals surface area contributed by atoms with Crippen LogP contribution in [-0.4, -0.2) is 21.8 Å². The summed E-state index contributed by atoms with van der Waals surface area (Å²) < 4.78 is 20.4. The molecule has 0 aliphatic rings. The van der Waals surface area contributed by atoms with E-state index in [1.165, 1.54) is 12.1 Å². The largest absolute Gasteiger partial charge is 0.481 e. The van der Waals surface area contributed by atoms with Crippen molar-refractivity contribution in [1.82, 2.24) is 9.78 Å². The van der Waals surface area contributed by atoms with Crippen LogP contribution in [0.2, 0.25) is 0 Å². The number of carbonyl (C=O) groups is 1. The molecule has 5 nitrogen and oxygen atoms in total. The summed E-state index contributed by atoms with van der Waals surface area (Å²) in [5.74, 6) is 0.158. The lowest BCUT2D eigenvalue weighted by Gasteiger charge is -2.16. The number of hydrogen-bond acceptors (Lipinski definition) is 3. The van der Waals surface area contributed by atoms with Gasteiger partial charge in [0.15, 0.2) is 6.10 Å². The van der Waals surface area contributed by atoms with E-state index in [9.17, 15) is 9.18 Å². The molecule has 3 aromatic rings. The van der Waals surface area contributed by atoms with E-state index in [4.69, 9.17) is 4.74 Å². The Morgan fingerprint density at radius 1 is 1.19 bits per heavy atom. The molecule has 0 unspecified atom stereocenters. The summed E-state index contributed by atoms with van der Waals surface area (Å²) >= 11 is 0. The maximum atomic E-state index is 13.0. The van der Waals surface area contributed by atoms with Gasteiger partial charge in [0.25, 0.3) is 5.91 Å². The summed E-state index contributed by atoms with van der Waals surface area (Å²) in [4.78, 5) is 12.4. The molecule has 1 amide bonds. The number of halogens is 1. The molecule has 0 spiro atoms. The van der Waals surface area contributed by atoms with Crippen LogP contribution >= 0.6 is 0 Å². The van der Waals surface area contributed by atoms with Crippen LogP contribution in [0.5, 0.6) is 5.75 Å². The molecule has 1 N–H and O–H groups in total. The van der Waals surface area contributed by atoms with Crippen LogP contribution in [0.15, 0.2) is 67.0 Å². The molecule has 6 heteroatoms. The van der Waals surface area contributed by atoms with Crippen LogP contribution in [0.25, 0.3) is 0 Å². The predicted molar refractivity (Wildman–Crippen MR) is 97.5 cm³/mol. The molecule has 0 fully saturated rings. The van der Waals surface area contributed by atoms with Gasteiger partial charge in [-0.25, -0.2) is 4.39 Å². The Morgan fingerprint density at radius 3 is 2.62 bits per heavy atom. The first-order valence-electron chi connectivity index (χ1n) is 8.43. The maximum Gasteiger partial charge on any atom is 0.265 e. The van der Waals surface area contributed by atoms with Gasteiger partial charge in [-0.1, -0.05) is 37.3 Å². The van der Waals surface area contributed by atoms with E-state index in [-0.39, 0.29) is 11.7 Å². The minimum atomic E-state index is -0.585. The first kappa shape index (κ1) is 17.7. The molecular formula is C20H20FN3O2. The second-order valence-corrected chi connectivity index (χ2v) is 5.87. The zero-order valence-electron chi connectivity index (χ0n) is 14.4. The number of benzene rings is 2. The number of nitrogens with one attached hydrogen (secondary N) is 1. The first-order chi connectivity index (χ1) is 12.6. The molecule has 1 aromatic heterocycles. The number of hydrogen-bond donors (Lipinski definition) is 1. The van der Waals surface area contributed by atoms with Gasteiger partial charge < -0.3 is 10.1 Å². The first-order valence-corrected chi connectivity index (χ1v) is 8.43. The lowest BCUT2D eigenvalue weighted by atomic mass is 10.2. The van der Waals surface area contributed by atoms with Gasteiger partial charge in [-0.15, -0.1) is 0 Å². The van der Waals surface area contributed by atoms with Gasteiger partial charge >= 0.3 is 0 Å². The molecule has 3 rings (SSSR count). The quantitative estimate of drug-likeness (QED) is 0.702. The summed E-state index contributed by atoms with van der Waals surface area (Å²) in [6, 6.07) is 15.5. The van der Waals surface area contributed by atoms with Crippen molar-refractivity contribution >= 4 is 11.6 Å². The molecule has 0 saturated carbocycles. The van der Waals surface area contributed by atoms with Gasteiger partial charge in [0.05, 0.1) is 18.4 Å². The summed E-state index contributed by atoms with van der Waals surface area (Å²) in [6.07, 6.45) is 3.27. The molecule has 0 saturated heterocycles. The number of carbonyl (C=O) groups excluding carboxylic acids is 1. The van der Waals surface area contributed by atoms with E-state index in [0.29, 0.717) is 24.4 Å². The van der Waals surface area contributed by atoms with E-state index < -0.39 is 6.10 Å². The van der Waals surface area contributed by atoms with Crippen molar-refractivity contribution in [2.45, 2.75) is 26.0 Å². The highest BCUT2D eigenvalue weighted by atomic mass is 19.1. The monoisotopic (exact) mass is 353 g/mol. The second kappa shape index (κ2) is 8.29. The normalized spacial score (nSPS) is 11.8. The fourth-order valence-electron chi connectivity index (χ4n) is 2.50. The van der Waals surface area contributed by atoms with E-state index in [1.807, 2.05) is 37.3 Å². The average Bonchev–Trinajstić information content (AvgIpc) is 3.09. The predicted octanol–water partition coefficient (Wildman–Crippen LogP) is 3.87. The van der Waals surface area contributed by atoms with Crippen molar-refractivity contribution in [3.05, 3.63) is 78.4 Å². The molecule has 134 valence electrons. The Kier molecular flexibility index (Phi) is 5.63. The Bertz CT molecular complexity index is 847. The number of nitrogens with zero attached hydrogens (tertiary/aromatic N) is 2. The highest BCUT2D eigenvalue weighted by Crippen LogP contribution is 2.15. The number of anilines is 1. The van der Waals surface area contributed by atoms with Gasteiger partial charge in [-0.3, -0.25) is 9.48 Å². The highest BCUT2D eigenvalue weighted by Gasteiger charge is 2.19. The third-order valence-corrected chi connectivity index (χ3v) is 3.84. The summed E-state index contributed by atoms with van der Waals surface area (Å²) in [7, 11) is 0. The van der Waals surface area contributed by atoms with E-state index in [2.05, 4.69) is 10.4 Å². The molecule has 0 aliphatic carbocycles. The van der Waals surface area contributed by atoms with Gasteiger partial charge in [0, 0.05) is 6.20 Å². The number of ether oxygens (including phenoxy) is 1. The summed E-state index contributed by atoms with van der Waals surface area (Å²) in [6.45, 7) is 2.39. The van der Waals surface area contributed by atoms with Crippen LogP contribution in [-0.2, 0) is 11.3 Å². The molecule has 0 bridgehead atoms. The zero-order chi connectivity index (χ0) is 18.4. The SMILES string of the molecule is CC[C@H](Oc1ccccc1)C(=O)Nc1cnn(Cc2ccc(F)cc2)c1. The smallest absolute Gasteiger partial charge is 0.265 e. The van der Waals surface area contributed by atoms with Crippen molar-refractivity contribution in [2.24, 2.45) is 0 Å². The molecule has 2 aromatic carbocycles. The van der Waals surface area contributed by atoms with Gasteiger partial charge in [-0.2, -0.15) is 5.10 Å². The number of para-hydroxylation sites is 1. The lowest BCUT2D eigenvalue weighted by molar-refractivity contribution is -0.122. The molecule has 1 atom stereocenters. The lowest BCUT2D eigenvalue weighted by Crippen LogP contribution is -2.32. The Balaban J connectivity index is 1.60. The summed E-state index contributed by atoms with van der Waals surface area (Å²) in [5.41, 5.74) is 1.51. The fourth-order valence-corrected chi connectivity index (χ4v) is 2.50. The van der Waals surface area contributed by atoms with Gasteiger partial charge in [0.2, 0.25) is 0 Å². The molecule has 0 radical (unpaired) electrons. The number of aromatic nitrogens is 2. The molecular weight excluding hydrogens is 333 g/mol. The third-order valence-electron chi connectivity index (χ3n) is 3.84.